The van der Waals surface area contributed by atoms with Crippen molar-refractivity contribution in [3.63, 3.8) is 0 Å². The van der Waals surface area contributed by atoms with Gasteiger partial charge in [-0.05, 0) is 37.1 Å². The minimum Gasteiger partial charge on any atom is -0.324 e. The molecule has 2 rings (SSSR count). The van der Waals surface area contributed by atoms with E-state index >= 15 is 0 Å². The number of nitrogens with one attached hydrogen (secondary N) is 1. The minimum atomic E-state index is -0.206. The van der Waals surface area contributed by atoms with E-state index in [9.17, 15) is 9.59 Å². The molecule has 0 bridgehead atoms. The highest BCUT2D eigenvalue weighted by Crippen LogP contribution is 2.17. The molecular formula is C15H16N2O2. The predicted octanol–water partition coefficient (Wildman–Crippen LogP) is 2.10. The molecule has 98 valence electrons. The summed E-state index contributed by atoms with van der Waals surface area (Å²) in [7, 11) is 0. The van der Waals surface area contributed by atoms with Crippen LogP contribution in [0.5, 0.6) is 0 Å². The van der Waals surface area contributed by atoms with Crippen LogP contribution in [0.4, 0.5) is 5.69 Å². The lowest BCUT2D eigenvalue weighted by Gasteiger charge is -2.11. The van der Waals surface area contributed by atoms with E-state index in [4.69, 9.17) is 0 Å². The van der Waals surface area contributed by atoms with Crippen molar-refractivity contribution in [2.45, 2.75) is 20.4 Å². The molecule has 0 atom stereocenters. The Balaban J connectivity index is 2.12. The van der Waals surface area contributed by atoms with Gasteiger partial charge in [0.1, 0.15) is 6.54 Å². The van der Waals surface area contributed by atoms with E-state index in [0.717, 1.165) is 16.8 Å². The quantitative estimate of drug-likeness (QED) is 0.914. The van der Waals surface area contributed by atoms with E-state index in [-0.39, 0.29) is 18.0 Å². The number of benzene rings is 1. The molecule has 0 spiro atoms. The zero-order valence-electron chi connectivity index (χ0n) is 11.0. The lowest BCUT2D eigenvalue weighted by atomic mass is 10.1. The van der Waals surface area contributed by atoms with Gasteiger partial charge >= 0.3 is 0 Å². The fourth-order valence-electron chi connectivity index (χ4n) is 1.82. The van der Waals surface area contributed by atoms with Crippen LogP contribution in [0.1, 0.15) is 11.1 Å². The summed E-state index contributed by atoms with van der Waals surface area (Å²) in [4.78, 5) is 23.4. The largest absolute Gasteiger partial charge is 0.324 e. The van der Waals surface area contributed by atoms with Crippen molar-refractivity contribution in [1.82, 2.24) is 4.57 Å². The van der Waals surface area contributed by atoms with Gasteiger partial charge in [0.05, 0.1) is 0 Å². The van der Waals surface area contributed by atoms with Gasteiger partial charge in [-0.1, -0.05) is 18.2 Å². The number of rotatable bonds is 3. The summed E-state index contributed by atoms with van der Waals surface area (Å²) >= 11 is 0. The Morgan fingerprint density at radius 2 is 1.95 bits per heavy atom. The first-order valence-corrected chi connectivity index (χ1v) is 6.09. The van der Waals surface area contributed by atoms with Gasteiger partial charge in [-0.2, -0.15) is 0 Å². The summed E-state index contributed by atoms with van der Waals surface area (Å²) in [6.07, 6.45) is 1.60. The second-order valence-electron chi connectivity index (χ2n) is 4.46. The van der Waals surface area contributed by atoms with Crippen LogP contribution in [0, 0.1) is 13.8 Å². The number of aryl methyl sites for hydroxylation is 1. The fraction of sp³-hybridized carbons (Fsp3) is 0.200. The van der Waals surface area contributed by atoms with Crippen LogP contribution in [0.3, 0.4) is 0 Å². The first-order valence-electron chi connectivity index (χ1n) is 6.09. The van der Waals surface area contributed by atoms with E-state index in [1.165, 1.54) is 10.6 Å². The van der Waals surface area contributed by atoms with E-state index in [1.54, 1.807) is 18.3 Å². The van der Waals surface area contributed by atoms with Gasteiger partial charge in [-0.25, -0.2) is 0 Å². The van der Waals surface area contributed by atoms with Crippen molar-refractivity contribution in [1.29, 1.82) is 0 Å². The standard InChI is InChI=1S/C15H16N2O2/c1-11-6-5-7-13(12(11)2)16-14(18)10-17-9-4-3-8-15(17)19/h3-9H,10H2,1-2H3,(H,16,18). The van der Waals surface area contributed by atoms with Crippen LogP contribution < -0.4 is 10.9 Å². The second kappa shape index (κ2) is 5.52. The number of pyridine rings is 1. The molecule has 19 heavy (non-hydrogen) atoms. The topological polar surface area (TPSA) is 51.1 Å². The van der Waals surface area contributed by atoms with Crippen molar-refractivity contribution in [3.8, 4) is 0 Å². The molecule has 0 aliphatic heterocycles. The van der Waals surface area contributed by atoms with E-state index in [2.05, 4.69) is 5.32 Å². The molecule has 0 radical (unpaired) electrons. The van der Waals surface area contributed by atoms with E-state index in [0.29, 0.717) is 0 Å². The number of hydrogen-bond acceptors (Lipinski definition) is 2. The molecule has 0 aliphatic carbocycles. The Morgan fingerprint density at radius 3 is 2.68 bits per heavy atom. The van der Waals surface area contributed by atoms with Crippen LogP contribution in [-0.2, 0) is 11.3 Å². The van der Waals surface area contributed by atoms with Crippen LogP contribution in [-0.4, -0.2) is 10.5 Å². The van der Waals surface area contributed by atoms with Crippen molar-refractivity contribution in [3.05, 3.63) is 64.1 Å². The Kier molecular flexibility index (Phi) is 3.80. The number of aromatic nitrogens is 1. The van der Waals surface area contributed by atoms with Gasteiger partial charge in [-0.15, -0.1) is 0 Å². The fourth-order valence-corrected chi connectivity index (χ4v) is 1.82. The van der Waals surface area contributed by atoms with Gasteiger partial charge < -0.3 is 9.88 Å². The van der Waals surface area contributed by atoms with Crippen LogP contribution in [0.25, 0.3) is 0 Å². The maximum absolute atomic E-state index is 11.9. The van der Waals surface area contributed by atoms with Gasteiger partial charge in [0.2, 0.25) is 5.91 Å². The summed E-state index contributed by atoms with van der Waals surface area (Å²) in [5.74, 6) is -0.206. The Bertz CT molecular complexity index is 659. The molecule has 0 saturated heterocycles. The molecule has 0 aliphatic rings. The first kappa shape index (κ1) is 13.1. The zero-order chi connectivity index (χ0) is 13.8. The third-order valence-electron chi connectivity index (χ3n) is 3.09. The number of amides is 1. The summed E-state index contributed by atoms with van der Waals surface area (Å²) in [6.45, 7) is 3.97. The van der Waals surface area contributed by atoms with Crippen LogP contribution >= 0.6 is 0 Å². The third kappa shape index (κ3) is 3.10. The molecule has 1 heterocycles. The second-order valence-corrected chi connectivity index (χ2v) is 4.46. The SMILES string of the molecule is Cc1cccc(NC(=O)Cn2ccccc2=O)c1C. The smallest absolute Gasteiger partial charge is 0.250 e. The number of anilines is 1. The molecule has 0 saturated carbocycles. The number of carbonyl (C=O) groups excluding carboxylic acids is 1. The van der Waals surface area contributed by atoms with Crippen molar-refractivity contribution >= 4 is 11.6 Å². The van der Waals surface area contributed by atoms with Crippen molar-refractivity contribution < 1.29 is 4.79 Å². The molecule has 4 heteroatoms. The molecule has 0 unspecified atom stereocenters. The van der Waals surface area contributed by atoms with Crippen LogP contribution in [0.15, 0.2) is 47.4 Å². The molecule has 2 aromatic rings. The van der Waals surface area contributed by atoms with Gasteiger partial charge in [0.15, 0.2) is 0 Å². The lowest BCUT2D eigenvalue weighted by Crippen LogP contribution is -2.26. The predicted molar refractivity (Wildman–Crippen MR) is 75.2 cm³/mol. The zero-order valence-corrected chi connectivity index (χ0v) is 11.0. The monoisotopic (exact) mass is 256 g/mol. The maximum atomic E-state index is 11.9. The molecule has 1 aromatic carbocycles. The van der Waals surface area contributed by atoms with Crippen molar-refractivity contribution in [2.24, 2.45) is 0 Å². The van der Waals surface area contributed by atoms with Gasteiger partial charge in [-0.3, -0.25) is 9.59 Å². The Morgan fingerprint density at radius 1 is 1.16 bits per heavy atom. The first-order chi connectivity index (χ1) is 9.08. The molecule has 1 aromatic heterocycles. The molecular weight excluding hydrogens is 240 g/mol. The highest BCUT2D eigenvalue weighted by atomic mass is 16.2. The molecule has 0 fully saturated rings. The number of nitrogens with zero attached hydrogens (tertiary/aromatic N) is 1. The molecule has 1 N–H and O–H groups in total. The number of carbonyl (C=O) groups is 1. The lowest BCUT2D eigenvalue weighted by molar-refractivity contribution is -0.116. The Hall–Kier alpha value is -2.36. The summed E-state index contributed by atoms with van der Waals surface area (Å²) < 4.78 is 1.38. The van der Waals surface area contributed by atoms with Gasteiger partial charge in [0, 0.05) is 18.0 Å². The number of hydrogen-bond donors (Lipinski definition) is 1. The average molecular weight is 256 g/mol. The highest BCUT2D eigenvalue weighted by Gasteiger charge is 2.07. The van der Waals surface area contributed by atoms with Crippen molar-refractivity contribution in [2.75, 3.05) is 5.32 Å². The van der Waals surface area contributed by atoms with E-state index in [1.807, 2.05) is 32.0 Å². The minimum absolute atomic E-state index is 0.0209. The molecule has 1 amide bonds. The average Bonchev–Trinajstić information content (AvgIpc) is 2.38. The maximum Gasteiger partial charge on any atom is 0.250 e. The highest BCUT2D eigenvalue weighted by molar-refractivity contribution is 5.91. The third-order valence-corrected chi connectivity index (χ3v) is 3.09. The van der Waals surface area contributed by atoms with Gasteiger partial charge in [0.25, 0.3) is 5.56 Å². The van der Waals surface area contributed by atoms with E-state index < -0.39 is 0 Å². The summed E-state index contributed by atoms with van der Waals surface area (Å²) in [6, 6.07) is 10.6. The molecule has 4 nitrogen and oxygen atoms in total. The normalized spacial score (nSPS) is 10.2. The summed E-state index contributed by atoms with van der Waals surface area (Å²) in [5.41, 5.74) is 2.76. The Labute approximate surface area is 111 Å². The summed E-state index contributed by atoms with van der Waals surface area (Å²) in [5, 5.41) is 2.83. The van der Waals surface area contributed by atoms with Crippen LogP contribution in [0.2, 0.25) is 0 Å².